The van der Waals surface area contributed by atoms with E-state index < -0.39 is 15.8 Å². The van der Waals surface area contributed by atoms with Crippen LogP contribution in [0.4, 0.5) is 16.2 Å². The molecule has 3 heterocycles. The first-order valence-electron chi connectivity index (χ1n) is 10.3. The number of nitrogens with one attached hydrogen (secondary N) is 1. The van der Waals surface area contributed by atoms with Gasteiger partial charge in [0.25, 0.3) is 0 Å². The van der Waals surface area contributed by atoms with Gasteiger partial charge < -0.3 is 20.0 Å². The number of carbonyl (C=O) groups is 2. The molecule has 3 fully saturated rings. The molecule has 0 aliphatic carbocycles. The number of anilines is 2. The highest BCUT2D eigenvalue weighted by Gasteiger charge is 2.36. The van der Waals surface area contributed by atoms with Crippen molar-refractivity contribution in [3.8, 4) is 0 Å². The highest BCUT2D eigenvalue weighted by Crippen LogP contribution is 2.29. The monoisotopic (exact) mass is 420 g/mol. The van der Waals surface area contributed by atoms with Crippen molar-refractivity contribution in [2.24, 2.45) is 5.92 Å². The van der Waals surface area contributed by atoms with Gasteiger partial charge in [0, 0.05) is 39.3 Å². The van der Waals surface area contributed by atoms with Gasteiger partial charge in [-0.1, -0.05) is 12.1 Å². The second kappa shape index (κ2) is 8.22. The summed E-state index contributed by atoms with van der Waals surface area (Å²) in [6.45, 7) is 3.79. The van der Waals surface area contributed by atoms with E-state index in [9.17, 15) is 18.0 Å². The van der Waals surface area contributed by atoms with Crippen molar-refractivity contribution < 1.29 is 18.0 Å². The average molecular weight is 421 g/mol. The van der Waals surface area contributed by atoms with Crippen molar-refractivity contribution >= 4 is 33.2 Å². The number of rotatable bonds is 3. The first kappa shape index (κ1) is 20.0. The van der Waals surface area contributed by atoms with Crippen molar-refractivity contribution in [3.05, 3.63) is 24.3 Å². The highest BCUT2D eigenvalue weighted by molar-refractivity contribution is 7.91. The summed E-state index contributed by atoms with van der Waals surface area (Å²) in [7, 11) is -3.08. The lowest BCUT2D eigenvalue weighted by Crippen LogP contribution is -2.53. The number of benzene rings is 1. The van der Waals surface area contributed by atoms with Crippen LogP contribution in [0.2, 0.25) is 0 Å². The third-order valence-corrected chi connectivity index (χ3v) is 7.82. The smallest absolute Gasteiger partial charge is 0.322 e. The molecule has 158 valence electrons. The van der Waals surface area contributed by atoms with E-state index in [-0.39, 0.29) is 23.4 Å². The van der Waals surface area contributed by atoms with E-state index in [4.69, 9.17) is 0 Å². The van der Waals surface area contributed by atoms with Crippen LogP contribution in [0.15, 0.2) is 24.3 Å². The molecule has 0 radical (unpaired) electrons. The standard InChI is InChI=1S/C20H28N4O4S/c25-19(16-7-14-29(27,28)15-16)23-10-12-24(13-11-23)20(26)21-17-5-1-2-6-18(17)22-8-3-4-9-22/h1-2,5-6,16H,3-4,7-15H2,(H,21,26). The Morgan fingerprint density at radius 3 is 2.24 bits per heavy atom. The van der Waals surface area contributed by atoms with E-state index >= 15 is 0 Å². The van der Waals surface area contributed by atoms with Crippen molar-refractivity contribution in [2.45, 2.75) is 19.3 Å². The van der Waals surface area contributed by atoms with Gasteiger partial charge in [-0.3, -0.25) is 4.79 Å². The van der Waals surface area contributed by atoms with Crippen LogP contribution in [0.1, 0.15) is 19.3 Å². The summed E-state index contributed by atoms with van der Waals surface area (Å²) in [4.78, 5) is 31.1. The summed E-state index contributed by atoms with van der Waals surface area (Å²) >= 11 is 0. The Kier molecular flexibility index (Phi) is 5.67. The zero-order valence-corrected chi connectivity index (χ0v) is 17.4. The predicted molar refractivity (Wildman–Crippen MR) is 112 cm³/mol. The Morgan fingerprint density at radius 1 is 0.931 bits per heavy atom. The van der Waals surface area contributed by atoms with E-state index in [2.05, 4.69) is 10.2 Å². The first-order chi connectivity index (χ1) is 13.9. The number of carbonyl (C=O) groups excluding carboxylic acids is 2. The lowest BCUT2D eigenvalue weighted by Gasteiger charge is -2.36. The number of hydrogen-bond donors (Lipinski definition) is 1. The molecule has 4 rings (SSSR count). The molecular weight excluding hydrogens is 392 g/mol. The maximum atomic E-state index is 12.8. The van der Waals surface area contributed by atoms with Gasteiger partial charge in [-0.05, 0) is 31.4 Å². The molecule has 3 saturated heterocycles. The molecule has 1 aromatic rings. The zero-order chi connectivity index (χ0) is 20.4. The topological polar surface area (TPSA) is 90.0 Å². The van der Waals surface area contributed by atoms with Crippen LogP contribution in [0.3, 0.4) is 0 Å². The zero-order valence-electron chi connectivity index (χ0n) is 16.5. The summed E-state index contributed by atoms with van der Waals surface area (Å²) < 4.78 is 23.3. The first-order valence-corrected chi connectivity index (χ1v) is 12.1. The van der Waals surface area contributed by atoms with Crippen molar-refractivity contribution in [1.82, 2.24) is 9.80 Å². The molecule has 3 aliphatic heterocycles. The van der Waals surface area contributed by atoms with Crippen molar-refractivity contribution in [2.75, 3.05) is 61.0 Å². The molecule has 1 N–H and O–H groups in total. The van der Waals surface area contributed by atoms with E-state index in [1.807, 2.05) is 24.3 Å². The summed E-state index contributed by atoms with van der Waals surface area (Å²) in [6.07, 6.45) is 2.75. The van der Waals surface area contributed by atoms with Gasteiger partial charge in [0.15, 0.2) is 9.84 Å². The van der Waals surface area contributed by atoms with Gasteiger partial charge in [0.05, 0.1) is 28.8 Å². The second-order valence-electron chi connectivity index (χ2n) is 8.05. The Labute approximate surface area is 171 Å². The molecule has 1 atom stereocenters. The van der Waals surface area contributed by atoms with Crippen molar-refractivity contribution in [1.29, 1.82) is 0 Å². The Balaban J connectivity index is 1.32. The predicted octanol–water partition coefficient (Wildman–Crippen LogP) is 1.40. The Bertz CT molecular complexity index is 874. The average Bonchev–Trinajstić information content (AvgIpc) is 3.37. The molecule has 3 aliphatic rings. The lowest BCUT2D eigenvalue weighted by molar-refractivity contribution is -0.136. The number of nitrogens with zero attached hydrogens (tertiary/aromatic N) is 3. The van der Waals surface area contributed by atoms with E-state index in [1.165, 1.54) is 12.8 Å². The van der Waals surface area contributed by atoms with Crippen LogP contribution in [-0.4, -0.2) is 80.9 Å². The Hall–Kier alpha value is -2.29. The molecule has 29 heavy (non-hydrogen) atoms. The quantitative estimate of drug-likeness (QED) is 0.798. The maximum Gasteiger partial charge on any atom is 0.322 e. The van der Waals surface area contributed by atoms with Gasteiger partial charge in [-0.15, -0.1) is 0 Å². The number of piperazine rings is 1. The summed E-state index contributed by atoms with van der Waals surface area (Å²) in [5.41, 5.74) is 1.86. The van der Waals surface area contributed by atoms with Crippen LogP contribution in [0, 0.1) is 5.92 Å². The van der Waals surface area contributed by atoms with E-state index in [0.29, 0.717) is 32.6 Å². The molecular formula is C20H28N4O4S. The molecule has 8 nitrogen and oxygen atoms in total. The number of amides is 3. The molecule has 3 amide bonds. The largest absolute Gasteiger partial charge is 0.370 e. The normalized spacial score (nSPS) is 24.0. The number of hydrogen-bond acceptors (Lipinski definition) is 5. The summed E-state index contributed by atoms with van der Waals surface area (Å²) in [5.74, 6) is -0.458. The van der Waals surface area contributed by atoms with Crippen molar-refractivity contribution in [3.63, 3.8) is 0 Å². The molecule has 0 bridgehead atoms. The van der Waals surface area contributed by atoms with Gasteiger partial charge in [-0.2, -0.15) is 0 Å². The molecule has 0 aromatic heterocycles. The van der Waals surface area contributed by atoms with Gasteiger partial charge in [0.1, 0.15) is 0 Å². The molecule has 0 saturated carbocycles. The number of para-hydroxylation sites is 2. The fraction of sp³-hybridized carbons (Fsp3) is 0.600. The van der Waals surface area contributed by atoms with Gasteiger partial charge in [-0.25, -0.2) is 13.2 Å². The minimum Gasteiger partial charge on any atom is -0.370 e. The van der Waals surface area contributed by atoms with Crippen LogP contribution in [-0.2, 0) is 14.6 Å². The third kappa shape index (κ3) is 4.49. The van der Waals surface area contributed by atoms with Gasteiger partial charge >= 0.3 is 6.03 Å². The maximum absolute atomic E-state index is 12.8. The van der Waals surface area contributed by atoms with Crippen LogP contribution >= 0.6 is 0 Å². The van der Waals surface area contributed by atoms with Crippen LogP contribution < -0.4 is 10.2 Å². The summed E-state index contributed by atoms with van der Waals surface area (Å²) in [6, 6.07) is 7.70. The molecule has 0 spiro atoms. The highest BCUT2D eigenvalue weighted by atomic mass is 32.2. The fourth-order valence-corrected chi connectivity index (χ4v) is 6.12. The minimum absolute atomic E-state index is 0.0418. The van der Waals surface area contributed by atoms with Crippen LogP contribution in [0.25, 0.3) is 0 Å². The van der Waals surface area contributed by atoms with Gasteiger partial charge in [0.2, 0.25) is 5.91 Å². The molecule has 9 heteroatoms. The second-order valence-corrected chi connectivity index (χ2v) is 10.3. The third-order valence-electron chi connectivity index (χ3n) is 6.05. The van der Waals surface area contributed by atoms with Crippen LogP contribution in [0.5, 0.6) is 0 Å². The molecule has 1 aromatic carbocycles. The lowest BCUT2D eigenvalue weighted by atomic mass is 10.1. The number of sulfone groups is 1. The Morgan fingerprint density at radius 2 is 1.59 bits per heavy atom. The van der Waals surface area contributed by atoms with E-state index in [0.717, 1.165) is 24.5 Å². The SMILES string of the molecule is O=C(Nc1ccccc1N1CCCC1)N1CCN(C(=O)C2CCS(=O)(=O)C2)CC1. The molecule has 1 unspecified atom stereocenters. The summed E-state index contributed by atoms with van der Waals surface area (Å²) in [5, 5.41) is 3.03. The van der Waals surface area contributed by atoms with E-state index in [1.54, 1.807) is 9.80 Å². The fourth-order valence-electron chi connectivity index (χ4n) is 4.39. The number of urea groups is 1. The minimum atomic E-state index is -3.08.